The Bertz CT molecular complexity index is 487. The maximum absolute atomic E-state index is 12.1. The smallest absolute Gasteiger partial charge is 0.238 e. The van der Waals surface area contributed by atoms with E-state index in [1.54, 1.807) is 0 Å². The molecule has 0 spiro atoms. The van der Waals surface area contributed by atoms with Crippen molar-refractivity contribution in [2.75, 3.05) is 25.0 Å². The Kier molecular flexibility index (Phi) is 4.78. The summed E-state index contributed by atoms with van der Waals surface area (Å²) in [5, 5.41) is 12.3. The lowest BCUT2D eigenvalue weighted by Gasteiger charge is -2.24. The Hall–Kier alpha value is -1.39. The minimum Gasteiger partial charge on any atom is -0.395 e. The number of nitrogens with zero attached hydrogens (tertiary/aromatic N) is 1. The number of hydrogen-bond acceptors (Lipinski definition) is 3. The number of amides is 1. The summed E-state index contributed by atoms with van der Waals surface area (Å²) in [6, 6.07) is 6.04. The molecule has 0 bridgehead atoms. The van der Waals surface area contributed by atoms with Crippen molar-refractivity contribution in [3.63, 3.8) is 0 Å². The molecule has 1 aromatic carbocycles. The van der Waals surface area contributed by atoms with Crippen molar-refractivity contribution in [3.8, 4) is 0 Å². The summed E-state index contributed by atoms with van der Waals surface area (Å²) in [5.41, 5.74) is 3.23. The molecule has 2 N–H and O–H groups in total. The van der Waals surface area contributed by atoms with E-state index < -0.39 is 0 Å². The highest BCUT2D eigenvalue weighted by atomic mass is 16.3. The van der Waals surface area contributed by atoms with Crippen LogP contribution in [0.2, 0.25) is 0 Å². The van der Waals surface area contributed by atoms with Crippen LogP contribution in [0, 0.1) is 19.8 Å². The topological polar surface area (TPSA) is 52.6 Å². The van der Waals surface area contributed by atoms with E-state index in [1.165, 1.54) is 11.1 Å². The molecule has 1 heterocycles. The third kappa shape index (κ3) is 3.38. The van der Waals surface area contributed by atoms with Crippen LogP contribution < -0.4 is 5.32 Å². The van der Waals surface area contributed by atoms with Crippen LogP contribution >= 0.6 is 0 Å². The number of carbonyl (C=O) groups excluding carboxylic acids is 1. The predicted octanol–water partition coefficient (Wildman–Crippen LogP) is 1.94. The summed E-state index contributed by atoms with van der Waals surface area (Å²) >= 11 is 0. The number of anilines is 1. The second kappa shape index (κ2) is 6.37. The number of hydrogen-bond donors (Lipinski definition) is 2. The zero-order valence-electron chi connectivity index (χ0n) is 12.5. The van der Waals surface area contributed by atoms with Crippen molar-refractivity contribution in [2.24, 2.45) is 5.92 Å². The summed E-state index contributed by atoms with van der Waals surface area (Å²) in [7, 11) is 0. The quantitative estimate of drug-likeness (QED) is 0.883. The summed E-state index contributed by atoms with van der Waals surface area (Å²) < 4.78 is 0. The van der Waals surface area contributed by atoms with Gasteiger partial charge in [0.1, 0.15) is 0 Å². The summed E-state index contributed by atoms with van der Waals surface area (Å²) in [6.45, 7) is 7.57. The number of aliphatic hydroxyl groups excluding tert-OH is 1. The van der Waals surface area contributed by atoms with Crippen LogP contribution in [0.3, 0.4) is 0 Å². The van der Waals surface area contributed by atoms with Crippen molar-refractivity contribution >= 4 is 11.6 Å². The standard InChI is InChI=1S/C16H24N2O2/c1-11-4-5-14(8-13(11)3)17-16(20)9-18-7-6-12(2)15(18)10-19/h4-5,8,12,15,19H,6-7,9-10H2,1-3H3,(H,17,20). The van der Waals surface area contributed by atoms with E-state index in [-0.39, 0.29) is 18.6 Å². The first-order valence-electron chi connectivity index (χ1n) is 7.23. The Morgan fingerprint density at radius 2 is 2.15 bits per heavy atom. The highest BCUT2D eigenvalue weighted by molar-refractivity contribution is 5.92. The average Bonchev–Trinajstić information content (AvgIpc) is 2.74. The van der Waals surface area contributed by atoms with Gasteiger partial charge in [0.15, 0.2) is 0 Å². The van der Waals surface area contributed by atoms with Crippen LogP contribution in [0.5, 0.6) is 0 Å². The maximum Gasteiger partial charge on any atom is 0.238 e. The molecular formula is C16H24N2O2. The van der Waals surface area contributed by atoms with Crippen LogP contribution in [0.4, 0.5) is 5.69 Å². The number of nitrogens with one attached hydrogen (secondary N) is 1. The van der Waals surface area contributed by atoms with Gasteiger partial charge in [-0.2, -0.15) is 0 Å². The van der Waals surface area contributed by atoms with E-state index in [4.69, 9.17) is 0 Å². The SMILES string of the molecule is Cc1ccc(NC(=O)CN2CCC(C)C2CO)cc1C. The van der Waals surface area contributed by atoms with Gasteiger partial charge in [-0.05, 0) is 56.0 Å². The van der Waals surface area contributed by atoms with Crippen LogP contribution in [-0.2, 0) is 4.79 Å². The fourth-order valence-electron chi connectivity index (χ4n) is 2.78. The van der Waals surface area contributed by atoms with Crippen LogP contribution in [0.15, 0.2) is 18.2 Å². The number of carbonyl (C=O) groups is 1. The van der Waals surface area contributed by atoms with Gasteiger partial charge in [-0.3, -0.25) is 9.69 Å². The summed E-state index contributed by atoms with van der Waals surface area (Å²) in [6.07, 6.45) is 1.04. The lowest BCUT2D eigenvalue weighted by Crippen LogP contribution is -2.40. The fourth-order valence-corrected chi connectivity index (χ4v) is 2.78. The molecule has 1 amide bonds. The molecule has 1 aliphatic heterocycles. The van der Waals surface area contributed by atoms with E-state index in [1.807, 2.05) is 25.1 Å². The Morgan fingerprint density at radius 3 is 2.80 bits per heavy atom. The van der Waals surface area contributed by atoms with Gasteiger partial charge in [0.25, 0.3) is 0 Å². The van der Waals surface area contributed by atoms with Gasteiger partial charge in [0.05, 0.1) is 13.2 Å². The number of aliphatic hydroxyl groups is 1. The molecule has 1 saturated heterocycles. The van der Waals surface area contributed by atoms with Crippen LogP contribution in [0.1, 0.15) is 24.5 Å². The van der Waals surface area contributed by atoms with Crippen molar-refractivity contribution in [3.05, 3.63) is 29.3 Å². The molecule has 0 saturated carbocycles. The molecule has 2 atom stereocenters. The molecule has 4 nitrogen and oxygen atoms in total. The molecule has 2 rings (SSSR count). The monoisotopic (exact) mass is 276 g/mol. The zero-order valence-corrected chi connectivity index (χ0v) is 12.5. The van der Waals surface area contributed by atoms with E-state index >= 15 is 0 Å². The normalized spacial score (nSPS) is 23.0. The molecule has 0 aliphatic carbocycles. The van der Waals surface area contributed by atoms with Gasteiger partial charge in [-0.25, -0.2) is 0 Å². The fraction of sp³-hybridized carbons (Fsp3) is 0.562. The van der Waals surface area contributed by atoms with E-state index in [0.717, 1.165) is 18.7 Å². The molecule has 110 valence electrons. The third-order valence-electron chi connectivity index (χ3n) is 4.32. The van der Waals surface area contributed by atoms with Gasteiger partial charge in [-0.1, -0.05) is 13.0 Å². The second-order valence-electron chi connectivity index (χ2n) is 5.83. The van der Waals surface area contributed by atoms with Crippen molar-refractivity contribution < 1.29 is 9.90 Å². The third-order valence-corrected chi connectivity index (χ3v) is 4.32. The molecular weight excluding hydrogens is 252 g/mol. The van der Waals surface area contributed by atoms with E-state index in [0.29, 0.717) is 12.5 Å². The molecule has 2 unspecified atom stereocenters. The highest BCUT2D eigenvalue weighted by Crippen LogP contribution is 2.23. The Labute approximate surface area is 120 Å². The van der Waals surface area contributed by atoms with Crippen molar-refractivity contribution in [1.82, 2.24) is 4.90 Å². The van der Waals surface area contributed by atoms with Gasteiger partial charge in [0, 0.05) is 11.7 Å². The van der Waals surface area contributed by atoms with Gasteiger partial charge < -0.3 is 10.4 Å². The number of benzene rings is 1. The minimum absolute atomic E-state index is 0.0131. The Morgan fingerprint density at radius 1 is 1.40 bits per heavy atom. The van der Waals surface area contributed by atoms with Gasteiger partial charge in [-0.15, -0.1) is 0 Å². The Balaban J connectivity index is 1.94. The van der Waals surface area contributed by atoms with Crippen LogP contribution in [0.25, 0.3) is 0 Å². The first kappa shape index (κ1) is 15.0. The lowest BCUT2D eigenvalue weighted by atomic mass is 10.0. The molecule has 0 radical (unpaired) electrons. The van der Waals surface area contributed by atoms with E-state index in [2.05, 4.69) is 24.1 Å². The molecule has 20 heavy (non-hydrogen) atoms. The van der Waals surface area contributed by atoms with Crippen molar-refractivity contribution in [2.45, 2.75) is 33.2 Å². The summed E-state index contributed by atoms with van der Waals surface area (Å²) in [4.78, 5) is 14.2. The minimum atomic E-state index is -0.0131. The maximum atomic E-state index is 12.1. The summed E-state index contributed by atoms with van der Waals surface area (Å²) in [5.74, 6) is 0.440. The zero-order chi connectivity index (χ0) is 14.7. The second-order valence-corrected chi connectivity index (χ2v) is 5.83. The highest BCUT2D eigenvalue weighted by Gasteiger charge is 2.31. The van der Waals surface area contributed by atoms with Crippen LogP contribution in [-0.4, -0.2) is 41.7 Å². The molecule has 0 aromatic heterocycles. The first-order valence-corrected chi connectivity index (χ1v) is 7.23. The lowest BCUT2D eigenvalue weighted by molar-refractivity contribution is -0.117. The average molecular weight is 276 g/mol. The van der Waals surface area contributed by atoms with Gasteiger partial charge >= 0.3 is 0 Å². The van der Waals surface area contributed by atoms with E-state index in [9.17, 15) is 9.90 Å². The first-order chi connectivity index (χ1) is 9.51. The molecule has 1 aliphatic rings. The number of rotatable bonds is 4. The molecule has 1 fully saturated rings. The molecule has 1 aromatic rings. The van der Waals surface area contributed by atoms with Gasteiger partial charge in [0.2, 0.25) is 5.91 Å². The van der Waals surface area contributed by atoms with Crippen molar-refractivity contribution in [1.29, 1.82) is 0 Å². The molecule has 4 heteroatoms. The number of aryl methyl sites for hydroxylation is 2. The predicted molar refractivity (Wildman–Crippen MR) is 80.8 cm³/mol. The number of likely N-dealkylation sites (tertiary alicyclic amines) is 1. The largest absolute Gasteiger partial charge is 0.395 e.